The molecule has 0 spiro atoms. The first-order chi connectivity index (χ1) is 11.9. The smallest absolute Gasteiger partial charge is 0.125 e. The van der Waals surface area contributed by atoms with Crippen molar-refractivity contribution in [2.45, 2.75) is 33.4 Å². The minimum absolute atomic E-state index is 0.279. The second kappa shape index (κ2) is 8.88. The Labute approximate surface area is 151 Å². The standard InChI is InChI=1S/C21H29NO3/c1-15-10-11-16(2)21(17(15)3)25-14-19(23)13-22(4)12-18-8-6-7-9-20(18)24-5/h6-11,19,23H,12-14H2,1-5H3/t19-/m1/s1. The summed E-state index contributed by atoms with van der Waals surface area (Å²) in [6.07, 6.45) is -0.556. The highest BCUT2D eigenvalue weighted by molar-refractivity contribution is 5.44. The Hall–Kier alpha value is -2.04. The van der Waals surface area contributed by atoms with E-state index in [9.17, 15) is 5.11 Å². The molecule has 4 heteroatoms. The van der Waals surface area contributed by atoms with Crippen LogP contribution in [0.3, 0.4) is 0 Å². The maximum atomic E-state index is 10.3. The third-order valence-electron chi connectivity index (χ3n) is 4.45. The normalized spacial score (nSPS) is 12.3. The fourth-order valence-corrected chi connectivity index (χ4v) is 2.93. The maximum Gasteiger partial charge on any atom is 0.125 e. The summed E-state index contributed by atoms with van der Waals surface area (Å²) >= 11 is 0. The predicted molar refractivity (Wildman–Crippen MR) is 101 cm³/mol. The number of benzene rings is 2. The van der Waals surface area contributed by atoms with E-state index < -0.39 is 6.10 Å². The molecule has 0 aromatic heterocycles. The summed E-state index contributed by atoms with van der Waals surface area (Å²) in [5.41, 5.74) is 4.53. The largest absolute Gasteiger partial charge is 0.496 e. The minimum atomic E-state index is -0.556. The molecular formula is C21H29NO3. The van der Waals surface area contributed by atoms with Gasteiger partial charge in [0, 0.05) is 18.7 Å². The van der Waals surface area contributed by atoms with Crippen molar-refractivity contribution in [3.05, 3.63) is 58.7 Å². The van der Waals surface area contributed by atoms with E-state index in [2.05, 4.69) is 30.9 Å². The topological polar surface area (TPSA) is 41.9 Å². The third-order valence-corrected chi connectivity index (χ3v) is 4.45. The van der Waals surface area contributed by atoms with Crippen molar-refractivity contribution in [2.24, 2.45) is 0 Å². The fraction of sp³-hybridized carbons (Fsp3) is 0.429. The highest BCUT2D eigenvalue weighted by atomic mass is 16.5. The molecule has 136 valence electrons. The van der Waals surface area contributed by atoms with Crippen molar-refractivity contribution >= 4 is 0 Å². The van der Waals surface area contributed by atoms with Crippen LogP contribution in [0.5, 0.6) is 11.5 Å². The number of methoxy groups -OCH3 is 1. The lowest BCUT2D eigenvalue weighted by Crippen LogP contribution is -2.33. The number of aryl methyl sites for hydroxylation is 2. The van der Waals surface area contributed by atoms with Gasteiger partial charge in [-0.15, -0.1) is 0 Å². The molecule has 1 atom stereocenters. The molecule has 25 heavy (non-hydrogen) atoms. The Morgan fingerprint density at radius 1 is 1.04 bits per heavy atom. The predicted octanol–water partition coefficient (Wildman–Crippen LogP) is 3.49. The molecule has 0 aliphatic rings. The first-order valence-corrected chi connectivity index (χ1v) is 8.60. The van der Waals surface area contributed by atoms with Crippen molar-refractivity contribution in [3.8, 4) is 11.5 Å². The summed E-state index contributed by atoms with van der Waals surface area (Å²) in [4.78, 5) is 2.07. The summed E-state index contributed by atoms with van der Waals surface area (Å²) in [6, 6.07) is 12.1. The number of ether oxygens (including phenoxy) is 2. The van der Waals surface area contributed by atoms with Gasteiger partial charge >= 0.3 is 0 Å². The average Bonchev–Trinajstić information content (AvgIpc) is 2.58. The molecule has 2 aromatic carbocycles. The molecule has 0 unspecified atom stereocenters. The Kier molecular flexibility index (Phi) is 6.85. The van der Waals surface area contributed by atoms with E-state index in [-0.39, 0.29) is 6.61 Å². The molecule has 0 fully saturated rings. The van der Waals surface area contributed by atoms with Crippen LogP contribution in [0, 0.1) is 20.8 Å². The van der Waals surface area contributed by atoms with E-state index in [1.54, 1.807) is 7.11 Å². The molecule has 0 heterocycles. The molecule has 2 rings (SSSR count). The summed E-state index contributed by atoms with van der Waals surface area (Å²) in [6.45, 7) is 7.67. The molecule has 0 aliphatic heterocycles. The van der Waals surface area contributed by atoms with Gasteiger partial charge in [-0.25, -0.2) is 0 Å². The van der Waals surface area contributed by atoms with Gasteiger partial charge in [-0.1, -0.05) is 30.3 Å². The Bertz CT molecular complexity index is 700. The fourth-order valence-electron chi connectivity index (χ4n) is 2.93. The van der Waals surface area contributed by atoms with Crippen LogP contribution in [-0.4, -0.2) is 43.4 Å². The van der Waals surface area contributed by atoms with Crippen LogP contribution in [0.1, 0.15) is 22.3 Å². The number of nitrogens with zero attached hydrogens (tertiary/aromatic N) is 1. The zero-order valence-corrected chi connectivity index (χ0v) is 15.9. The summed E-state index contributed by atoms with van der Waals surface area (Å²) in [5, 5.41) is 10.3. The SMILES string of the molecule is COc1ccccc1CN(C)C[C@@H](O)COc1c(C)ccc(C)c1C. The second-order valence-electron chi connectivity index (χ2n) is 6.63. The molecule has 0 amide bonds. The lowest BCUT2D eigenvalue weighted by Gasteiger charge is -2.22. The van der Waals surface area contributed by atoms with Crippen LogP contribution >= 0.6 is 0 Å². The van der Waals surface area contributed by atoms with Gasteiger partial charge in [-0.05, 0) is 50.6 Å². The zero-order valence-electron chi connectivity index (χ0n) is 15.9. The summed E-state index contributed by atoms with van der Waals surface area (Å²) < 4.78 is 11.3. The monoisotopic (exact) mass is 343 g/mol. The van der Waals surface area contributed by atoms with Gasteiger partial charge in [-0.3, -0.25) is 4.90 Å². The zero-order chi connectivity index (χ0) is 18.4. The van der Waals surface area contributed by atoms with Crippen LogP contribution in [0.2, 0.25) is 0 Å². The van der Waals surface area contributed by atoms with Gasteiger partial charge in [0.1, 0.15) is 24.2 Å². The van der Waals surface area contributed by atoms with Crippen LogP contribution in [0.25, 0.3) is 0 Å². The lowest BCUT2D eigenvalue weighted by molar-refractivity contribution is 0.0736. The molecule has 2 aromatic rings. The Morgan fingerprint density at radius 2 is 1.72 bits per heavy atom. The van der Waals surface area contributed by atoms with E-state index >= 15 is 0 Å². The first kappa shape index (κ1) is 19.3. The van der Waals surface area contributed by atoms with E-state index in [4.69, 9.17) is 9.47 Å². The molecule has 0 aliphatic carbocycles. The van der Waals surface area contributed by atoms with Crippen LogP contribution < -0.4 is 9.47 Å². The molecular weight excluding hydrogens is 314 g/mol. The van der Waals surface area contributed by atoms with E-state index in [0.717, 1.165) is 28.2 Å². The van der Waals surface area contributed by atoms with Crippen LogP contribution in [0.4, 0.5) is 0 Å². The van der Waals surface area contributed by atoms with Gasteiger partial charge in [0.2, 0.25) is 0 Å². The van der Waals surface area contributed by atoms with Gasteiger partial charge in [-0.2, -0.15) is 0 Å². The van der Waals surface area contributed by atoms with E-state index in [0.29, 0.717) is 13.1 Å². The van der Waals surface area contributed by atoms with Gasteiger partial charge in [0.05, 0.1) is 7.11 Å². The summed E-state index contributed by atoms with van der Waals surface area (Å²) in [5.74, 6) is 1.75. The average molecular weight is 343 g/mol. The number of hydrogen-bond donors (Lipinski definition) is 1. The van der Waals surface area contributed by atoms with E-state index in [1.165, 1.54) is 5.56 Å². The van der Waals surface area contributed by atoms with Crippen molar-refractivity contribution in [2.75, 3.05) is 27.3 Å². The van der Waals surface area contributed by atoms with Gasteiger partial charge in [0.15, 0.2) is 0 Å². The molecule has 0 saturated carbocycles. The molecule has 4 nitrogen and oxygen atoms in total. The quantitative estimate of drug-likeness (QED) is 0.797. The number of aliphatic hydroxyl groups excluding tert-OH is 1. The highest BCUT2D eigenvalue weighted by Crippen LogP contribution is 2.26. The maximum absolute atomic E-state index is 10.3. The first-order valence-electron chi connectivity index (χ1n) is 8.60. The summed E-state index contributed by atoms with van der Waals surface area (Å²) in [7, 11) is 3.66. The molecule has 1 N–H and O–H groups in total. The van der Waals surface area contributed by atoms with Crippen LogP contribution in [-0.2, 0) is 6.54 Å². The lowest BCUT2D eigenvalue weighted by atomic mass is 10.1. The molecule has 0 radical (unpaired) electrons. The minimum Gasteiger partial charge on any atom is -0.496 e. The van der Waals surface area contributed by atoms with Gasteiger partial charge < -0.3 is 14.6 Å². The molecule has 0 bridgehead atoms. The third kappa shape index (κ3) is 5.21. The number of hydrogen-bond acceptors (Lipinski definition) is 4. The van der Waals surface area contributed by atoms with Crippen LogP contribution in [0.15, 0.2) is 36.4 Å². The number of likely N-dealkylation sites (N-methyl/N-ethyl adjacent to an activating group) is 1. The number of aliphatic hydroxyl groups is 1. The number of rotatable bonds is 8. The van der Waals surface area contributed by atoms with Crippen molar-refractivity contribution in [1.82, 2.24) is 4.90 Å². The van der Waals surface area contributed by atoms with Crippen molar-refractivity contribution in [1.29, 1.82) is 0 Å². The second-order valence-corrected chi connectivity index (χ2v) is 6.63. The molecule has 0 saturated heterocycles. The van der Waals surface area contributed by atoms with Crippen molar-refractivity contribution < 1.29 is 14.6 Å². The number of para-hydroxylation sites is 1. The Balaban J connectivity index is 1.90. The Morgan fingerprint density at radius 3 is 2.44 bits per heavy atom. The highest BCUT2D eigenvalue weighted by Gasteiger charge is 2.13. The van der Waals surface area contributed by atoms with Crippen molar-refractivity contribution in [3.63, 3.8) is 0 Å². The van der Waals surface area contributed by atoms with Gasteiger partial charge in [0.25, 0.3) is 0 Å². The van der Waals surface area contributed by atoms with E-state index in [1.807, 2.05) is 38.2 Å².